The number of ether oxygens (including phenoxy) is 1. The number of halogens is 4. The second-order valence-corrected chi connectivity index (χ2v) is 9.94. The lowest BCUT2D eigenvalue weighted by atomic mass is 9.86. The van der Waals surface area contributed by atoms with E-state index in [1.165, 1.54) is 6.07 Å². The first-order valence-corrected chi connectivity index (χ1v) is 12.6. The first-order valence-electron chi connectivity index (χ1n) is 12.2. The number of hydrogen-bond donors (Lipinski definition) is 3. The fourth-order valence-corrected chi connectivity index (χ4v) is 5.25. The monoisotopic (exact) mass is 523 g/mol. The van der Waals surface area contributed by atoms with Crippen LogP contribution in [0.25, 0.3) is 11.2 Å². The standard InChI is InChI=1S/C24H29ClF3N7O/c25-16-9-15(24(26,27)28)10-18(11-16)32-23-33-20-13-30-22(31-17-5-7-36-8-6-17)34-21(20)35(23)19-3-1-14(12-29)2-4-19/h9-11,13-14,17,19H,1-8,12,29H2,(H,32,33)(H,30,31,34)/t14-,19-. The molecule has 8 nitrogen and oxygen atoms in total. The van der Waals surface area contributed by atoms with Crippen LogP contribution in [0.3, 0.4) is 0 Å². The molecule has 0 radical (unpaired) electrons. The molecule has 0 atom stereocenters. The van der Waals surface area contributed by atoms with Crippen LogP contribution in [-0.2, 0) is 10.9 Å². The van der Waals surface area contributed by atoms with Gasteiger partial charge in [-0.25, -0.2) is 9.97 Å². The molecular weight excluding hydrogens is 495 g/mol. The van der Waals surface area contributed by atoms with Crippen LogP contribution in [0.15, 0.2) is 24.4 Å². The quantitative estimate of drug-likeness (QED) is 0.390. The van der Waals surface area contributed by atoms with E-state index in [4.69, 9.17) is 27.1 Å². The second-order valence-electron chi connectivity index (χ2n) is 9.50. The Morgan fingerprint density at radius 3 is 2.50 bits per heavy atom. The van der Waals surface area contributed by atoms with Gasteiger partial charge in [-0.2, -0.15) is 18.2 Å². The number of nitrogens with zero attached hydrogens (tertiary/aromatic N) is 4. The highest BCUT2D eigenvalue weighted by Crippen LogP contribution is 2.38. The Morgan fingerprint density at radius 2 is 1.81 bits per heavy atom. The van der Waals surface area contributed by atoms with E-state index < -0.39 is 11.7 Å². The summed E-state index contributed by atoms with van der Waals surface area (Å²) in [6.07, 6.45) is 2.55. The van der Waals surface area contributed by atoms with Gasteiger partial charge in [0, 0.05) is 36.0 Å². The second kappa shape index (κ2) is 10.4. The molecule has 1 aliphatic heterocycles. The fourth-order valence-electron chi connectivity index (χ4n) is 5.01. The van der Waals surface area contributed by atoms with E-state index in [9.17, 15) is 13.2 Å². The van der Waals surface area contributed by atoms with Gasteiger partial charge in [0.2, 0.25) is 11.9 Å². The number of fused-ring (bicyclic) bond motifs is 1. The molecule has 1 saturated carbocycles. The highest BCUT2D eigenvalue weighted by atomic mass is 35.5. The van der Waals surface area contributed by atoms with E-state index >= 15 is 0 Å². The minimum absolute atomic E-state index is 0.0128. The molecule has 1 saturated heterocycles. The maximum Gasteiger partial charge on any atom is 0.416 e. The molecule has 1 aliphatic carbocycles. The topological polar surface area (TPSA) is 103 Å². The largest absolute Gasteiger partial charge is 0.416 e. The Labute approximate surface area is 211 Å². The van der Waals surface area contributed by atoms with Gasteiger partial charge in [-0.15, -0.1) is 0 Å². The lowest BCUT2D eigenvalue weighted by molar-refractivity contribution is -0.137. The molecule has 0 amide bonds. The summed E-state index contributed by atoms with van der Waals surface area (Å²) < 4.78 is 47.6. The third-order valence-corrected chi connectivity index (χ3v) is 7.20. The van der Waals surface area contributed by atoms with Gasteiger partial charge in [0.25, 0.3) is 0 Å². The minimum atomic E-state index is -4.52. The fraction of sp³-hybridized carbons (Fsp3) is 0.542. The van der Waals surface area contributed by atoms with Crippen molar-refractivity contribution in [2.24, 2.45) is 11.7 Å². The van der Waals surface area contributed by atoms with Gasteiger partial charge in [0.05, 0.1) is 11.8 Å². The zero-order valence-electron chi connectivity index (χ0n) is 19.7. The Hall–Kier alpha value is -2.63. The summed E-state index contributed by atoms with van der Waals surface area (Å²) in [5, 5.41) is 6.45. The number of alkyl halides is 3. The Balaban J connectivity index is 1.51. The first kappa shape index (κ1) is 25.0. The summed E-state index contributed by atoms with van der Waals surface area (Å²) >= 11 is 6.02. The summed E-state index contributed by atoms with van der Waals surface area (Å²) in [7, 11) is 0. The van der Waals surface area contributed by atoms with E-state index in [1.54, 1.807) is 6.20 Å². The number of nitrogens with one attached hydrogen (secondary N) is 2. The lowest BCUT2D eigenvalue weighted by Gasteiger charge is -2.30. The van der Waals surface area contributed by atoms with Crippen LogP contribution in [0, 0.1) is 5.92 Å². The highest BCUT2D eigenvalue weighted by molar-refractivity contribution is 6.31. The molecule has 1 aromatic carbocycles. The molecule has 3 aromatic rings. The van der Waals surface area contributed by atoms with Crippen molar-refractivity contribution in [2.75, 3.05) is 30.4 Å². The van der Waals surface area contributed by atoms with Gasteiger partial charge >= 0.3 is 6.18 Å². The van der Waals surface area contributed by atoms with Crippen LogP contribution >= 0.6 is 11.6 Å². The van der Waals surface area contributed by atoms with Crippen molar-refractivity contribution in [3.8, 4) is 0 Å². The van der Waals surface area contributed by atoms with Crippen molar-refractivity contribution in [1.29, 1.82) is 0 Å². The summed E-state index contributed by atoms with van der Waals surface area (Å²) in [6.45, 7) is 2.03. The number of nitrogens with two attached hydrogens (primary N) is 1. The molecule has 2 aliphatic rings. The van der Waals surface area contributed by atoms with Crippen molar-refractivity contribution in [3.05, 3.63) is 35.0 Å². The van der Waals surface area contributed by atoms with Crippen LogP contribution in [0.1, 0.15) is 50.1 Å². The summed E-state index contributed by atoms with van der Waals surface area (Å²) in [5.74, 6) is 1.38. The van der Waals surface area contributed by atoms with Crippen molar-refractivity contribution in [2.45, 2.75) is 56.8 Å². The van der Waals surface area contributed by atoms with Gasteiger partial charge in [0.1, 0.15) is 5.52 Å². The van der Waals surface area contributed by atoms with E-state index in [0.29, 0.717) is 48.7 Å². The third kappa shape index (κ3) is 5.52. The van der Waals surface area contributed by atoms with E-state index in [-0.39, 0.29) is 22.8 Å². The SMILES string of the molecule is NC[C@H]1CC[C@H](n2c(Nc3cc(Cl)cc(C(F)(F)F)c3)nc3cnc(NC4CCOCC4)nc32)CC1. The molecule has 194 valence electrons. The first-order chi connectivity index (χ1) is 17.3. The molecule has 2 aromatic heterocycles. The van der Waals surface area contributed by atoms with Crippen LogP contribution in [-0.4, -0.2) is 45.3 Å². The highest BCUT2D eigenvalue weighted by Gasteiger charge is 2.32. The zero-order valence-corrected chi connectivity index (χ0v) is 20.4. The number of hydrogen-bond acceptors (Lipinski definition) is 7. The Bertz CT molecular complexity index is 1200. The van der Waals surface area contributed by atoms with Gasteiger partial charge in [-0.1, -0.05) is 11.6 Å². The summed E-state index contributed by atoms with van der Waals surface area (Å²) in [4.78, 5) is 13.9. The molecule has 4 N–H and O–H groups in total. The van der Waals surface area contributed by atoms with E-state index in [2.05, 4.69) is 20.6 Å². The Morgan fingerprint density at radius 1 is 1.06 bits per heavy atom. The molecular formula is C24H29ClF3N7O. The maximum absolute atomic E-state index is 13.4. The van der Waals surface area contributed by atoms with Crippen LogP contribution in [0.2, 0.25) is 5.02 Å². The molecule has 12 heteroatoms. The van der Waals surface area contributed by atoms with E-state index in [1.807, 2.05) is 4.57 Å². The van der Waals surface area contributed by atoms with Gasteiger partial charge < -0.3 is 21.1 Å². The number of benzene rings is 1. The molecule has 5 rings (SSSR count). The van der Waals surface area contributed by atoms with Crippen LogP contribution < -0.4 is 16.4 Å². The number of anilines is 3. The van der Waals surface area contributed by atoms with Crippen molar-refractivity contribution in [1.82, 2.24) is 19.5 Å². The van der Waals surface area contributed by atoms with Gasteiger partial charge in [0.15, 0.2) is 5.65 Å². The lowest BCUT2D eigenvalue weighted by Crippen LogP contribution is -2.28. The van der Waals surface area contributed by atoms with Crippen LogP contribution in [0.4, 0.5) is 30.8 Å². The van der Waals surface area contributed by atoms with E-state index in [0.717, 1.165) is 50.7 Å². The average molecular weight is 524 g/mol. The molecule has 0 bridgehead atoms. The third-order valence-electron chi connectivity index (χ3n) is 6.98. The molecule has 0 spiro atoms. The predicted octanol–water partition coefficient (Wildman–Crippen LogP) is 5.52. The average Bonchev–Trinajstić information content (AvgIpc) is 3.21. The molecule has 0 unspecified atom stereocenters. The Kier molecular flexibility index (Phi) is 7.23. The van der Waals surface area contributed by atoms with Gasteiger partial charge in [-0.05, 0) is 69.2 Å². The zero-order chi connectivity index (χ0) is 25.3. The van der Waals surface area contributed by atoms with Gasteiger partial charge in [-0.3, -0.25) is 4.57 Å². The molecule has 2 fully saturated rings. The number of aromatic nitrogens is 4. The molecule has 3 heterocycles. The maximum atomic E-state index is 13.4. The smallest absolute Gasteiger partial charge is 0.381 e. The van der Waals surface area contributed by atoms with Crippen molar-refractivity contribution in [3.63, 3.8) is 0 Å². The minimum Gasteiger partial charge on any atom is -0.381 e. The normalized spacial score (nSPS) is 21.6. The molecule has 36 heavy (non-hydrogen) atoms. The summed E-state index contributed by atoms with van der Waals surface area (Å²) in [6, 6.07) is 3.69. The van der Waals surface area contributed by atoms with Crippen molar-refractivity contribution < 1.29 is 17.9 Å². The van der Waals surface area contributed by atoms with Crippen LogP contribution in [0.5, 0.6) is 0 Å². The summed E-state index contributed by atoms with van der Waals surface area (Å²) in [5.41, 5.74) is 6.46. The number of rotatable bonds is 6. The van der Waals surface area contributed by atoms with Crippen molar-refractivity contribution >= 4 is 40.3 Å². The predicted molar refractivity (Wildman–Crippen MR) is 133 cm³/mol. The number of imidazole rings is 1.